The van der Waals surface area contributed by atoms with Crippen LogP contribution in [0.15, 0.2) is 36.4 Å². The zero-order valence-electron chi connectivity index (χ0n) is 12.0. The highest BCUT2D eigenvalue weighted by molar-refractivity contribution is 5.74. The maximum Gasteiger partial charge on any atom is 0.144 e. The van der Waals surface area contributed by atoms with Crippen LogP contribution in [0.5, 0.6) is 11.5 Å². The van der Waals surface area contributed by atoms with E-state index in [1.54, 1.807) is 37.4 Å². The number of nitrogens with one attached hydrogen (secondary N) is 1. The van der Waals surface area contributed by atoms with Crippen molar-refractivity contribution in [1.82, 2.24) is 0 Å². The van der Waals surface area contributed by atoms with Gasteiger partial charge in [0.2, 0.25) is 0 Å². The maximum atomic E-state index is 9.21. The molecule has 0 aliphatic rings. The average molecular weight is 283 g/mol. The molecule has 0 amide bonds. The van der Waals surface area contributed by atoms with Crippen molar-refractivity contribution in [3.63, 3.8) is 0 Å². The molecule has 3 N–H and O–H groups in total. The molecule has 2 aromatic rings. The van der Waals surface area contributed by atoms with Gasteiger partial charge in [-0.2, -0.15) is 5.26 Å². The van der Waals surface area contributed by atoms with Gasteiger partial charge in [-0.15, -0.1) is 0 Å². The Morgan fingerprint density at radius 3 is 2.71 bits per heavy atom. The number of para-hydroxylation sites is 1. The number of nitrogens with two attached hydrogens (primary N) is 1. The van der Waals surface area contributed by atoms with Crippen LogP contribution in [0.25, 0.3) is 0 Å². The van der Waals surface area contributed by atoms with Crippen LogP contribution in [0.2, 0.25) is 0 Å². The van der Waals surface area contributed by atoms with E-state index in [1.165, 1.54) is 0 Å². The number of rotatable bonds is 5. The van der Waals surface area contributed by atoms with Gasteiger partial charge >= 0.3 is 0 Å². The molecule has 0 atom stereocenters. The number of anilines is 3. The van der Waals surface area contributed by atoms with Crippen molar-refractivity contribution >= 4 is 17.1 Å². The summed E-state index contributed by atoms with van der Waals surface area (Å²) in [4.78, 5) is 0. The number of nitriles is 1. The van der Waals surface area contributed by atoms with Crippen LogP contribution >= 0.6 is 0 Å². The van der Waals surface area contributed by atoms with Gasteiger partial charge in [-0.1, -0.05) is 6.07 Å². The molecule has 0 radical (unpaired) electrons. The summed E-state index contributed by atoms with van der Waals surface area (Å²) in [5.41, 5.74) is 8.32. The van der Waals surface area contributed by atoms with Crippen LogP contribution in [0.4, 0.5) is 17.1 Å². The molecule has 0 unspecified atom stereocenters. The van der Waals surface area contributed by atoms with E-state index in [9.17, 15) is 5.26 Å². The van der Waals surface area contributed by atoms with E-state index in [2.05, 4.69) is 11.4 Å². The number of hydrogen-bond acceptors (Lipinski definition) is 5. The van der Waals surface area contributed by atoms with Crippen molar-refractivity contribution in [2.75, 3.05) is 24.8 Å². The minimum absolute atomic E-state index is 0.504. The maximum absolute atomic E-state index is 9.21. The van der Waals surface area contributed by atoms with Gasteiger partial charge in [0.05, 0.1) is 30.7 Å². The average Bonchev–Trinajstić information content (AvgIpc) is 2.51. The van der Waals surface area contributed by atoms with Crippen molar-refractivity contribution < 1.29 is 9.47 Å². The summed E-state index contributed by atoms with van der Waals surface area (Å²) in [6.45, 7) is 2.43. The first-order valence-electron chi connectivity index (χ1n) is 6.56. The molecule has 2 rings (SSSR count). The van der Waals surface area contributed by atoms with Gasteiger partial charge in [-0.05, 0) is 31.2 Å². The third-order valence-corrected chi connectivity index (χ3v) is 2.95. The zero-order chi connectivity index (χ0) is 15.2. The topological polar surface area (TPSA) is 80.3 Å². The molecule has 0 saturated heterocycles. The van der Waals surface area contributed by atoms with Crippen molar-refractivity contribution in [3.05, 3.63) is 42.0 Å². The van der Waals surface area contributed by atoms with Crippen molar-refractivity contribution in [3.8, 4) is 17.6 Å². The van der Waals surface area contributed by atoms with Gasteiger partial charge in [0.25, 0.3) is 0 Å². The zero-order valence-corrected chi connectivity index (χ0v) is 12.0. The van der Waals surface area contributed by atoms with Gasteiger partial charge in [0.15, 0.2) is 0 Å². The monoisotopic (exact) mass is 283 g/mol. The summed E-state index contributed by atoms with van der Waals surface area (Å²) in [6.07, 6.45) is 0. The SMILES string of the molecule is CCOc1cc(Nc2c(C#N)cccc2OC)ccc1N. The van der Waals surface area contributed by atoms with Gasteiger partial charge < -0.3 is 20.5 Å². The Bertz CT molecular complexity index is 678. The number of benzene rings is 2. The Kier molecular flexibility index (Phi) is 4.52. The smallest absolute Gasteiger partial charge is 0.144 e. The molecule has 0 bridgehead atoms. The Hall–Kier alpha value is -2.87. The fraction of sp³-hybridized carbons (Fsp3) is 0.188. The predicted octanol–water partition coefficient (Wildman–Crippen LogP) is 3.29. The molecule has 2 aromatic carbocycles. The van der Waals surface area contributed by atoms with E-state index >= 15 is 0 Å². The molecule has 0 fully saturated rings. The summed E-state index contributed by atoms with van der Waals surface area (Å²) in [7, 11) is 1.57. The highest BCUT2D eigenvalue weighted by atomic mass is 16.5. The summed E-state index contributed by atoms with van der Waals surface area (Å²) in [6, 6.07) is 12.8. The molecule has 0 aliphatic heterocycles. The lowest BCUT2D eigenvalue weighted by Gasteiger charge is -2.14. The first-order valence-corrected chi connectivity index (χ1v) is 6.56. The third-order valence-electron chi connectivity index (χ3n) is 2.95. The number of methoxy groups -OCH3 is 1. The van der Waals surface area contributed by atoms with E-state index in [0.717, 1.165) is 5.69 Å². The minimum Gasteiger partial charge on any atom is -0.495 e. The van der Waals surface area contributed by atoms with Crippen molar-refractivity contribution in [2.45, 2.75) is 6.92 Å². The number of hydrogen-bond donors (Lipinski definition) is 2. The van der Waals surface area contributed by atoms with Crippen LogP contribution in [0, 0.1) is 11.3 Å². The Balaban J connectivity index is 2.39. The van der Waals surface area contributed by atoms with Crippen LogP contribution in [0.3, 0.4) is 0 Å². The molecule has 0 saturated carbocycles. The standard InChI is InChI=1S/C16H17N3O2/c1-3-21-15-9-12(7-8-13(15)18)19-16-11(10-17)5-4-6-14(16)20-2/h4-9,19H,3,18H2,1-2H3. The fourth-order valence-electron chi connectivity index (χ4n) is 1.96. The molecular formula is C16H17N3O2. The first-order chi connectivity index (χ1) is 10.2. The molecule has 5 nitrogen and oxygen atoms in total. The number of ether oxygens (including phenoxy) is 2. The molecule has 108 valence electrons. The molecule has 0 heterocycles. The second kappa shape index (κ2) is 6.53. The summed E-state index contributed by atoms with van der Waals surface area (Å²) < 4.78 is 10.8. The Morgan fingerprint density at radius 1 is 1.24 bits per heavy atom. The largest absolute Gasteiger partial charge is 0.495 e. The molecule has 0 aliphatic carbocycles. The summed E-state index contributed by atoms with van der Waals surface area (Å²) in [5.74, 6) is 1.21. The summed E-state index contributed by atoms with van der Waals surface area (Å²) in [5, 5.41) is 12.4. The van der Waals surface area contributed by atoms with E-state index in [-0.39, 0.29) is 0 Å². The normalized spacial score (nSPS) is 9.76. The lowest BCUT2D eigenvalue weighted by atomic mass is 10.1. The van der Waals surface area contributed by atoms with E-state index < -0.39 is 0 Å². The van der Waals surface area contributed by atoms with E-state index in [0.29, 0.717) is 35.0 Å². The predicted molar refractivity (Wildman–Crippen MR) is 83.0 cm³/mol. The highest BCUT2D eigenvalue weighted by Crippen LogP contribution is 2.33. The fourth-order valence-corrected chi connectivity index (χ4v) is 1.96. The molecule has 0 spiro atoms. The lowest BCUT2D eigenvalue weighted by molar-refractivity contribution is 0.342. The number of nitrogen functional groups attached to an aromatic ring is 1. The van der Waals surface area contributed by atoms with Crippen LogP contribution in [-0.4, -0.2) is 13.7 Å². The van der Waals surface area contributed by atoms with Gasteiger partial charge in [-0.3, -0.25) is 0 Å². The van der Waals surface area contributed by atoms with Crippen LogP contribution in [-0.2, 0) is 0 Å². The Morgan fingerprint density at radius 2 is 2.05 bits per heavy atom. The highest BCUT2D eigenvalue weighted by Gasteiger charge is 2.10. The van der Waals surface area contributed by atoms with Gasteiger partial charge in [0.1, 0.15) is 17.6 Å². The molecule has 5 heteroatoms. The van der Waals surface area contributed by atoms with Gasteiger partial charge in [0, 0.05) is 11.8 Å². The van der Waals surface area contributed by atoms with Gasteiger partial charge in [-0.25, -0.2) is 0 Å². The van der Waals surface area contributed by atoms with Crippen molar-refractivity contribution in [1.29, 1.82) is 5.26 Å². The van der Waals surface area contributed by atoms with Crippen molar-refractivity contribution in [2.24, 2.45) is 0 Å². The van der Waals surface area contributed by atoms with Crippen LogP contribution < -0.4 is 20.5 Å². The molecule has 0 aromatic heterocycles. The number of nitrogens with zero attached hydrogens (tertiary/aromatic N) is 1. The van der Waals surface area contributed by atoms with Crippen LogP contribution in [0.1, 0.15) is 12.5 Å². The lowest BCUT2D eigenvalue weighted by Crippen LogP contribution is -2.00. The summed E-state index contributed by atoms with van der Waals surface area (Å²) >= 11 is 0. The quantitative estimate of drug-likeness (QED) is 0.823. The molecular weight excluding hydrogens is 266 g/mol. The Labute approximate surface area is 123 Å². The molecule has 21 heavy (non-hydrogen) atoms. The van der Waals surface area contributed by atoms with E-state index in [1.807, 2.05) is 13.0 Å². The first kappa shape index (κ1) is 14.5. The second-order valence-corrected chi connectivity index (χ2v) is 4.31. The third kappa shape index (κ3) is 3.18. The second-order valence-electron chi connectivity index (χ2n) is 4.31. The minimum atomic E-state index is 0.504. The van der Waals surface area contributed by atoms with E-state index in [4.69, 9.17) is 15.2 Å².